The Hall–Kier alpha value is -0.830. The van der Waals surface area contributed by atoms with E-state index in [2.05, 4.69) is 0 Å². The van der Waals surface area contributed by atoms with E-state index in [0.717, 1.165) is 0 Å². The smallest absolute Gasteiger partial charge is 0.309 e. The van der Waals surface area contributed by atoms with Gasteiger partial charge in [-0.15, -0.1) is 0 Å². The third kappa shape index (κ3) is 1.85. The summed E-state index contributed by atoms with van der Waals surface area (Å²) in [4.78, 5) is 10.9. The second-order valence-electron chi connectivity index (χ2n) is 3.11. The topological polar surface area (TPSA) is 46.5 Å². The average molecular weight is 170 g/mol. The molecule has 1 aliphatic rings. The molecular weight excluding hydrogens is 156 g/mol. The number of esters is 1. The molecule has 0 unspecified atom stereocenters. The molecule has 1 fully saturated rings. The first kappa shape index (κ1) is 9.26. The zero-order valence-electron chi connectivity index (χ0n) is 7.36. The average Bonchev–Trinajstić information content (AvgIpc) is 2.00. The van der Waals surface area contributed by atoms with E-state index in [1.165, 1.54) is 0 Å². The van der Waals surface area contributed by atoms with Crippen LogP contribution in [-0.2, 0) is 9.53 Å². The highest BCUT2D eigenvalue weighted by Gasteiger charge is 2.32. The van der Waals surface area contributed by atoms with Gasteiger partial charge in [-0.3, -0.25) is 4.79 Å². The summed E-state index contributed by atoms with van der Waals surface area (Å²) in [6.07, 6.45) is 2.92. The molecular formula is C9H14O3. The van der Waals surface area contributed by atoms with E-state index in [1.807, 2.05) is 19.9 Å². The summed E-state index contributed by atoms with van der Waals surface area (Å²) in [5.74, 6) is -0.317. The molecule has 0 saturated carbocycles. The maximum Gasteiger partial charge on any atom is 0.309 e. The molecule has 0 radical (unpaired) electrons. The van der Waals surface area contributed by atoms with Crippen LogP contribution < -0.4 is 0 Å². The fraction of sp³-hybridized carbons (Fsp3) is 0.667. The lowest BCUT2D eigenvalue weighted by Gasteiger charge is -2.30. The van der Waals surface area contributed by atoms with Crippen LogP contribution in [0, 0.1) is 5.92 Å². The highest BCUT2D eigenvalue weighted by Crippen LogP contribution is 2.22. The van der Waals surface area contributed by atoms with Crippen LogP contribution in [-0.4, -0.2) is 23.3 Å². The summed E-state index contributed by atoms with van der Waals surface area (Å²) in [5.41, 5.74) is 0. The third-order valence-corrected chi connectivity index (χ3v) is 2.15. The monoisotopic (exact) mass is 170 g/mol. The maximum absolute atomic E-state index is 10.9. The van der Waals surface area contributed by atoms with Crippen LogP contribution in [0.5, 0.6) is 0 Å². The second-order valence-corrected chi connectivity index (χ2v) is 3.11. The Morgan fingerprint density at radius 3 is 2.92 bits per heavy atom. The molecule has 1 aliphatic heterocycles. The lowest BCUT2D eigenvalue weighted by molar-refractivity contribution is -0.162. The van der Waals surface area contributed by atoms with Gasteiger partial charge in [-0.2, -0.15) is 0 Å². The molecule has 0 bridgehead atoms. The normalized spacial score (nSPS) is 36.9. The number of aliphatic hydroxyl groups excluding tert-OH is 1. The number of aliphatic hydroxyl groups is 1. The fourth-order valence-corrected chi connectivity index (χ4v) is 1.29. The summed E-state index contributed by atoms with van der Waals surface area (Å²) in [5, 5.41) is 9.41. The highest BCUT2D eigenvalue weighted by molar-refractivity contribution is 5.71. The van der Waals surface area contributed by atoms with Crippen LogP contribution in [0.2, 0.25) is 0 Å². The largest absolute Gasteiger partial charge is 0.458 e. The number of ether oxygens (including phenoxy) is 1. The Bertz CT molecular complexity index is 198. The van der Waals surface area contributed by atoms with Gasteiger partial charge in [-0.05, 0) is 13.0 Å². The first-order valence-corrected chi connectivity index (χ1v) is 4.15. The molecule has 3 nitrogen and oxygen atoms in total. The van der Waals surface area contributed by atoms with E-state index in [9.17, 15) is 9.90 Å². The van der Waals surface area contributed by atoms with E-state index in [0.29, 0.717) is 0 Å². The summed E-state index contributed by atoms with van der Waals surface area (Å²) >= 11 is 0. The van der Waals surface area contributed by atoms with Gasteiger partial charge in [-0.1, -0.05) is 13.0 Å². The Balaban J connectivity index is 2.65. The van der Waals surface area contributed by atoms with Crippen molar-refractivity contribution in [1.29, 1.82) is 0 Å². The zero-order valence-corrected chi connectivity index (χ0v) is 7.36. The van der Waals surface area contributed by atoms with Gasteiger partial charge in [0, 0.05) is 5.92 Å². The molecule has 0 aromatic rings. The van der Waals surface area contributed by atoms with Crippen molar-refractivity contribution in [3.8, 4) is 0 Å². The third-order valence-electron chi connectivity index (χ3n) is 2.15. The summed E-state index contributed by atoms with van der Waals surface area (Å²) < 4.78 is 5.02. The lowest BCUT2D eigenvalue weighted by atomic mass is 9.93. The number of hydrogen-bond acceptors (Lipinski definition) is 3. The van der Waals surface area contributed by atoms with Gasteiger partial charge >= 0.3 is 5.97 Å². The molecule has 1 heterocycles. The summed E-state index contributed by atoms with van der Waals surface area (Å²) in [6.45, 7) is 3.74. The molecule has 0 aliphatic carbocycles. The number of rotatable bonds is 1. The molecule has 12 heavy (non-hydrogen) atoms. The Morgan fingerprint density at radius 1 is 1.67 bits per heavy atom. The van der Waals surface area contributed by atoms with Gasteiger partial charge in [0.15, 0.2) is 0 Å². The highest BCUT2D eigenvalue weighted by atomic mass is 16.5. The van der Waals surface area contributed by atoms with Crippen molar-refractivity contribution in [2.45, 2.75) is 32.5 Å². The number of allylic oxidation sites excluding steroid dienone is 1. The van der Waals surface area contributed by atoms with E-state index in [1.54, 1.807) is 6.08 Å². The van der Waals surface area contributed by atoms with E-state index in [4.69, 9.17) is 4.74 Å². The van der Waals surface area contributed by atoms with Gasteiger partial charge in [0.05, 0.1) is 12.5 Å². The molecule has 1 rings (SSSR count). The Labute approximate surface area is 72.0 Å². The first-order chi connectivity index (χ1) is 5.65. The molecule has 1 saturated heterocycles. The molecule has 1 N–H and O–H groups in total. The van der Waals surface area contributed by atoms with Crippen molar-refractivity contribution >= 4 is 5.97 Å². The Kier molecular flexibility index (Phi) is 2.87. The van der Waals surface area contributed by atoms with Gasteiger partial charge in [0.25, 0.3) is 0 Å². The fourth-order valence-electron chi connectivity index (χ4n) is 1.29. The van der Waals surface area contributed by atoms with Crippen LogP contribution in [0.25, 0.3) is 0 Å². The maximum atomic E-state index is 10.9. The predicted molar refractivity (Wildman–Crippen MR) is 44.5 cm³/mol. The van der Waals surface area contributed by atoms with Gasteiger partial charge in [0.2, 0.25) is 0 Å². The van der Waals surface area contributed by atoms with Crippen LogP contribution in [0.15, 0.2) is 12.2 Å². The van der Waals surface area contributed by atoms with Crippen molar-refractivity contribution in [3.63, 3.8) is 0 Å². The quantitative estimate of drug-likeness (QED) is 0.469. The van der Waals surface area contributed by atoms with Crippen molar-refractivity contribution in [1.82, 2.24) is 0 Å². The standard InChI is InChI=1S/C9H14O3/c1-3-4-8-6(2)7(10)5-9(11)12-8/h3-4,6-8,10H,5H2,1-2H3/t6-,7-,8-/m0/s1. The lowest BCUT2D eigenvalue weighted by Crippen LogP contribution is -2.39. The van der Waals surface area contributed by atoms with Crippen molar-refractivity contribution in [2.75, 3.05) is 0 Å². The number of cyclic esters (lactones) is 1. The number of carbonyl (C=O) groups is 1. The molecule has 68 valence electrons. The van der Waals surface area contributed by atoms with Crippen LogP contribution >= 0.6 is 0 Å². The molecule has 0 spiro atoms. The minimum atomic E-state index is -0.563. The van der Waals surface area contributed by atoms with E-state index < -0.39 is 6.10 Å². The van der Waals surface area contributed by atoms with Crippen LogP contribution in [0.1, 0.15) is 20.3 Å². The van der Waals surface area contributed by atoms with Gasteiger partial charge in [-0.25, -0.2) is 0 Å². The number of carbonyl (C=O) groups excluding carboxylic acids is 1. The minimum Gasteiger partial charge on any atom is -0.458 e. The second kappa shape index (κ2) is 3.72. The van der Waals surface area contributed by atoms with Crippen LogP contribution in [0.4, 0.5) is 0 Å². The van der Waals surface area contributed by atoms with E-state index in [-0.39, 0.29) is 24.4 Å². The minimum absolute atomic E-state index is 0.00102. The van der Waals surface area contributed by atoms with Crippen molar-refractivity contribution in [2.24, 2.45) is 5.92 Å². The SMILES string of the molecule is CC=C[C@@H]1OC(=O)C[C@H](O)[C@@H]1C. The summed E-state index contributed by atoms with van der Waals surface area (Å²) in [6, 6.07) is 0. The molecule has 3 heteroatoms. The molecule has 0 amide bonds. The zero-order chi connectivity index (χ0) is 9.14. The number of hydrogen-bond donors (Lipinski definition) is 1. The van der Waals surface area contributed by atoms with Crippen molar-refractivity contribution in [3.05, 3.63) is 12.2 Å². The van der Waals surface area contributed by atoms with Crippen molar-refractivity contribution < 1.29 is 14.6 Å². The molecule has 0 aromatic heterocycles. The predicted octanol–water partition coefficient (Wildman–Crippen LogP) is 0.875. The molecule has 0 aromatic carbocycles. The molecule has 3 atom stereocenters. The van der Waals surface area contributed by atoms with E-state index >= 15 is 0 Å². The first-order valence-electron chi connectivity index (χ1n) is 4.15. The Morgan fingerprint density at radius 2 is 2.33 bits per heavy atom. The summed E-state index contributed by atoms with van der Waals surface area (Å²) in [7, 11) is 0. The van der Waals surface area contributed by atoms with Crippen LogP contribution in [0.3, 0.4) is 0 Å². The van der Waals surface area contributed by atoms with Gasteiger partial charge in [0.1, 0.15) is 6.10 Å². The van der Waals surface area contributed by atoms with Gasteiger partial charge < -0.3 is 9.84 Å².